The molecule has 0 bridgehead atoms. The van der Waals surface area contributed by atoms with Crippen LogP contribution in [0.5, 0.6) is 0 Å². The standard InChI is InChI=1S/C10H10ClN3O/c1-6-3-7(2)12-8(4-6)10-13-9(5-11)15-14-10/h3-4H,5H2,1-2H3. The Bertz CT molecular complexity index is 461. The molecule has 0 atom stereocenters. The maximum absolute atomic E-state index is 5.57. The second kappa shape index (κ2) is 3.98. The highest BCUT2D eigenvalue weighted by Crippen LogP contribution is 2.16. The van der Waals surface area contributed by atoms with Gasteiger partial charge in [0.2, 0.25) is 11.7 Å². The number of hydrogen-bond donors (Lipinski definition) is 0. The number of aromatic nitrogens is 3. The summed E-state index contributed by atoms with van der Waals surface area (Å²) in [6.07, 6.45) is 0. The van der Waals surface area contributed by atoms with Gasteiger partial charge in [-0.05, 0) is 31.5 Å². The van der Waals surface area contributed by atoms with Crippen LogP contribution in [-0.2, 0) is 5.88 Å². The zero-order valence-corrected chi connectivity index (χ0v) is 9.25. The Balaban J connectivity index is 2.44. The number of pyridine rings is 1. The van der Waals surface area contributed by atoms with E-state index >= 15 is 0 Å². The molecule has 0 saturated carbocycles. The third-order valence-corrected chi connectivity index (χ3v) is 2.14. The van der Waals surface area contributed by atoms with Crippen molar-refractivity contribution in [3.05, 3.63) is 29.3 Å². The highest BCUT2D eigenvalue weighted by atomic mass is 35.5. The van der Waals surface area contributed by atoms with Crippen LogP contribution in [0.4, 0.5) is 0 Å². The summed E-state index contributed by atoms with van der Waals surface area (Å²) in [5, 5.41) is 3.81. The van der Waals surface area contributed by atoms with Gasteiger partial charge in [-0.15, -0.1) is 11.6 Å². The number of alkyl halides is 1. The second-order valence-electron chi connectivity index (χ2n) is 3.32. The van der Waals surface area contributed by atoms with Gasteiger partial charge in [-0.25, -0.2) is 4.98 Å². The molecule has 2 aromatic rings. The molecule has 0 aromatic carbocycles. The number of hydrogen-bond acceptors (Lipinski definition) is 4. The Morgan fingerprint density at radius 3 is 2.67 bits per heavy atom. The lowest BCUT2D eigenvalue weighted by Crippen LogP contribution is -1.90. The number of halogens is 1. The first-order valence-corrected chi connectivity index (χ1v) is 5.06. The molecular formula is C10H10ClN3O. The normalized spacial score (nSPS) is 10.6. The van der Waals surface area contributed by atoms with Gasteiger partial charge in [-0.1, -0.05) is 5.16 Å². The SMILES string of the molecule is Cc1cc(C)nc(-c2noc(CCl)n2)c1. The van der Waals surface area contributed by atoms with E-state index in [1.807, 2.05) is 26.0 Å². The van der Waals surface area contributed by atoms with E-state index in [4.69, 9.17) is 16.1 Å². The topological polar surface area (TPSA) is 51.8 Å². The molecule has 2 heterocycles. The van der Waals surface area contributed by atoms with E-state index in [0.29, 0.717) is 17.4 Å². The monoisotopic (exact) mass is 223 g/mol. The first-order valence-electron chi connectivity index (χ1n) is 4.53. The molecular weight excluding hydrogens is 214 g/mol. The molecule has 0 N–H and O–H groups in total. The van der Waals surface area contributed by atoms with Gasteiger partial charge in [0.15, 0.2) is 0 Å². The minimum atomic E-state index is 0.220. The van der Waals surface area contributed by atoms with Crippen LogP contribution in [-0.4, -0.2) is 15.1 Å². The lowest BCUT2D eigenvalue weighted by atomic mass is 10.2. The van der Waals surface area contributed by atoms with Crippen LogP contribution in [0.25, 0.3) is 11.5 Å². The molecule has 0 aliphatic carbocycles. The van der Waals surface area contributed by atoms with Gasteiger partial charge in [0.25, 0.3) is 0 Å². The molecule has 0 amide bonds. The zero-order chi connectivity index (χ0) is 10.8. The van der Waals surface area contributed by atoms with Crippen LogP contribution in [0.15, 0.2) is 16.7 Å². The lowest BCUT2D eigenvalue weighted by molar-refractivity contribution is 0.391. The first kappa shape index (κ1) is 10.1. The predicted octanol–water partition coefficient (Wildman–Crippen LogP) is 2.49. The van der Waals surface area contributed by atoms with Crippen molar-refractivity contribution < 1.29 is 4.52 Å². The zero-order valence-electron chi connectivity index (χ0n) is 8.49. The van der Waals surface area contributed by atoms with Crippen molar-refractivity contribution in [3.63, 3.8) is 0 Å². The van der Waals surface area contributed by atoms with Crippen LogP contribution in [0.3, 0.4) is 0 Å². The summed E-state index contributed by atoms with van der Waals surface area (Å²) >= 11 is 5.57. The van der Waals surface area contributed by atoms with Crippen LogP contribution in [0, 0.1) is 13.8 Å². The van der Waals surface area contributed by atoms with Gasteiger partial charge < -0.3 is 4.52 Å². The molecule has 0 fully saturated rings. The summed E-state index contributed by atoms with van der Waals surface area (Å²) in [6.45, 7) is 3.93. The molecule has 0 saturated heterocycles. The van der Waals surface area contributed by atoms with Gasteiger partial charge in [-0.3, -0.25) is 0 Å². The van der Waals surface area contributed by atoms with Crippen LogP contribution in [0.1, 0.15) is 17.1 Å². The third kappa shape index (κ3) is 2.15. The maximum Gasteiger partial charge on any atom is 0.241 e. The fourth-order valence-corrected chi connectivity index (χ4v) is 1.48. The highest BCUT2D eigenvalue weighted by Gasteiger charge is 2.09. The van der Waals surface area contributed by atoms with Crippen LogP contribution in [0.2, 0.25) is 0 Å². The van der Waals surface area contributed by atoms with Gasteiger partial charge in [0.05, 0.1) is 0 Å². The average Bonchev–Trinajstić information content (AvgIpc) is 2.64. The molecule has 5 heteroatoms. The second-order valence-corrected chi connectivity index (χ2v) is 3.58. The molecule has 0 aliphatic rings. The average molecular weight is 224 g/mol. The summed E-state index contributed by atoms with van der Waals surface area (Å²) in [7, 11) is 0. The Hall–Kier alpha value is -1.42. The summed E-state index contributed by atoms with van der Waals surface area (Å²) < 4.78 is 4.91. The van der Waals surface area contributed by atoms with Gasteiger partial charge in [-0.2, -0.15) is 4.98 Å². The largest absolute Gasteiger partial charge is 0.338 e. The maximum atomic E-state index is 5.57. The Labute approximate surface area is 92.3 Å². The molecule has 15 heavy (non-hydrogen) atoms. The lowest BCUT2D eigenvalue weighted by Gasteiger charge is -1.98. The minimum absolute atomic E-state index is 0.220. The van der Waals surface area contributed by atoms with Crippen molar-refractivity contribution in [2.75, 3.05) is 0 Å². The van der Waals surface area contributed by atoms with Crippen molar-refractivity contribution in [1.29, 1.82) is 0 Å². The van der Waals surface area contributed by atoms with Gasteiger partial charge in [0.1, 0.15) is 11.6 Å². The molecule has 0 aliphatic heterocycles. The summed E-state index contributed by atoms with van der Waals surface area (Å²) in [5.41, 5.74) is 2.77. The van der Waals surface area contributed by atoms with Crippen molar-refractivity contribution in [2.45, 2.75) is 19.7 Å². The fourth-order valence-electron chi connectivity index (χ4n) is 1.37. The van der Waals surface area contributed by atoms with Crippen molar-refractivity contribution in [3.8, 4) is 11.5 Å². The molecule has 4 nitrogen and oxygen atoms in total. The summed E-state index contributed by atoms with van der Waals surface area (Å²) in [5.74, 6) is 1.11. The Kier molecular flexibility index (Phi) is 2.68. The highest BCUT2D eigenvalue weighted by molar-refractivity contribution is 6.16. The molecule has 78 valence electrons. The third-order valence-electron chi connectivity index (χ3n) is 1.91. The molecule has 2 rings (SSSR count). The summed E-state index contributed by atoms with van der Waals surface area (Å²) in [6, 6.07) is 3.90. The molecule has 0 radical (unpaired) electrons. The van der Waals surface area contributed by atoms with E-state index in [0.717, 1.165) is 11.3 Å². The number of aryl methyl sites for hydroxylation is 2. The van der Waals surface area contributed by atoms with Crippen LogP contribution < -0.4 is 0 Å². The Morgan fingerprint density at radius 2 is 2.07 bits per heavy atom. The van der Waals surface area contributed by atoms with Crippen molar-refractivity contribution >= 4 is 11.6 Å². The van der Waals surface area contributed by atoms with Crippen molar-refractivity contribution in [1.82, 2.24) is 15.1 Å². The molecule has 2 aromatic heterocycles. The minimum Gasteiger partial charge on any atom is -0.338 e. The predicted molar refractivity (Wildman–Crippen MR) is 56.6 cm³/mol. The van der Waals surface area contributed by atoms with E-state index in [1.165, 1.54) is 0 Å². The Morgan fingerprint density at radius 1 is 1.27 bits per heavy atom. The van der Waals surface area contributed by atoms with E-state index in [2.05, 4.69) is 15.1 Å². The van der Waals surface area contributed by atoms with Crippen molar-refractivity contribution in [2.24, 2.45) is 0 Å². The van der Waals surface area contributed by atoms with Gasteiger partial charge >= 0.3 is 0 Å². The van der Waals surface area contributed by atoms with Gasteiger partial charge in [0, 0.05) is 5.69 Å². The fraction of sp³-hybridized carbons (Fsp3) is 0.300. The molecule has 0 unspecified atom stereocenters. The van der Waals surface area contributed by atoms with E-state index in [1.54, 1.807) is 0 Å². The molecule has 0 spiro atoms. The van der Waals surface area contributed by atoms with E-state index in [9.17, 15) is 0 Å². The first-order chi connectivity index (χ1) is 7.19. The van der Waals surface area contributed by atoms with Crippen LogP contribution >= 0.6 is 11.6 Å². The van der Waals surface area contributed by atoms with E-state index < -0.39 is 0 Å². The van der Waals surface area contributed by atoms with E-state index in [-0.39, 0.29) is 5.88 Å². The summed E-state index contributed by atoms with van der Waals surface area (Å²) in [4.78, 5) is 8.43. The number of nitrogens with zero attached hydrogens (tertiary/aromatic N) is 3. The number of rotatable bonds is 2. The quantitative estimate of drug-likeness (QED) is 0.734. The smallest absolute Gasteiger partial charge is 0.241 e.